The van der Waals surface area contributed by atoms with Crippen LogP contribution < -0.4 is 5.32 Å². The Bertz CT molecular complexity index is 1040. The van der Waals surface area contributed by atoms with E-state index in [9.17, 15) is 9.59 Å². The van der Waals surface area contributed by atoms with Gasteiger partial charge in [0.2, 0.25) is 0 Å². The van der Waals surface area contributed by atoms with Crippen molar-refractivity contribution in [2.24, 2.45) is 0 Å². The zero-order valence-electron chi connectivity index (χ0n) is 16.3. The maximum atomic E-state index is 12.7. The molecule has 2 aromatic carbocycles. The van der Waals surface area contributed by atoms with Crippen molar-refractivity contribution >= 4 is 28.5 Å². The molecule has 1 amide bonds. The lowest BCUT2D eigenvalue weighted by atomic mass is 10.1. The summed E-state index contributed by atoms with van der Waals surface area (Å²) in [4.78, 5) is 23.6. The molecule has 146 valence electrons. The summed E-state index contributed by atoms with van der Waals surface area (Å²) in [5.41, 5.74) is 5.15. The normalized spacial score (nSPS) is 11.0. The number of aliphatic carboxylic acids is 1. The van der Waals surface area contributed by atoms with Crippen LogP contribution in [0.25, 0.3) is 10.9 Å². The monoisotopic (exact) mass is 380 g/mol. The van der Waals surface area contributed by atoms with E-state index in [0.29, 0.717) is 23.4 Å². The second kappa shape index (κ2) is 8.27. The van der Waals surface area contributed by atoms with Gasteiger partial charge in [0.15, 0.2) is 0 Å². The minimum Gasteiger partial charge on any atom is -0.481 e. The number of hydrogen-bond acceptors (Lipinski definition) is 3. The molecule has 0 saturated carbocycles. The van der Waals surface area contributed by atoms with E-state index in [1.807, 2.05) is 12.1 Å². The van der Waals surface area contributed by atoms with E-state index in [1.165, 1.54) is 0 Å². The summed E-state index contributed by atoms with van der Waals surface area (Å²) in [7, 11) is 1.68. The second-order valence-corrected chi connectivity index (χ2v) is 6.81. The number of carboxylic acids is 1. The number of rotatable bonds is 7. The molecule has 0 aliphatic rings. The van der Waals surface area contributed by atoms with Crippen LogP contribution in [0.15, 0.2) is 42.5 Å². The molecule has 3 aromatic rings. The van der Waals surface area contributed by atoms with Gasteiger partial charge in [-0.25, -0.2) is 0 Å². The van der Waals surface area contributed by atoms with Gasteiger partial charge in [0.25, 0.3) is 5.91 Å². The predicted octanol–water partition coefficient (Wildman–Crippen LogP) is 3.78. The zero-order valence-corrected chi connectivity index (χ0v) is 16.3. The van der Waals surface area contributed by atoms with Gasteiger partial charge in [-0.05, 0) is 55.3 Å². The van der Waals surface area contributed by atoms with Gasteiger partial charge < -0.3 is 19.7 Å². The fourth-order valence-electron chi connectivity index (χ4n) is 3.40. The number of carbonyl (C=O) groups excluding carboxylic acids is 1. The average molecular weight is 380 g/mol. The van der Waals surface area contributed by atoms with Crippen LogP contribution in [0.1, 0.15) is 27.2 Å². The Kier molecular flexibility index (Phi) is 5.80. The number of fused-ring (bicyclic) bond motifs is 1. The minimum atomic E-state index is -0.905. The Labute approximate surface area is 163 Å². The van der Waals surface area contributed by atoms with E-state index in [0.717, 1.165) is 28.7 Å². The molecule has 0 aliphatic heterocycles. The van der Waals surface area contributed by atoms with E-state index in [2.05, 4.69) is 23.7 Å². The van der Waals surface area contributed by atoms with Gasteiger partial charge in [0.1, 0.15) is 0 Å². The van der Waals surface area contributed by atoms with Crippen molar-refractivity contribution in [3.63, 3.8) is 0 Å². The van der Waals surface area contributed by atoms with Crippen molar-refractivity contribution in [2.45, 2.75) is 26.8 Å². The van der Waals surface area contributed by atoms with Gasteiger partial charge in [-0.15, -0.1) is 0 Å². The lowest BCUT2D eigenvalue weighted by Crippen LogP contribution is -2.12. The molecule has 0 fully saturated rings. The first-order valence-electron chi connectivity index (χ1n) is 9.11. The molecule has 6 heteroatoms. The fourth-order valence-corrected chi connectivity index (χ4v) is 3.40. The molecule has 0 aliphatic carbocycles. The Morgan fingerprint density at radius 2 is 1.93 bits per heavy atom. The molecule has 0 spiro atoms. The third-order valence-electron chi connectivity index (χ3n) is 4.96. The molecule has 0 bridgehead atoms. The molecule has 1 aromatic heterocycles. The third-order valence-corrected chi connectivity index (χ3v) is 4.96. The van der Waals surface area contributed by atoms with E-state index >= 15 is 0 Å². The molecule has 3 rings (SSSR count). The summed E-state index contributed by atoms with van der Waals surface area (Å²) < 4.78 is 7.40. The quantitative estimate of drug-likeness (QED) is 0.654. The summed E-state index contributed by atoms with van der Waals surface area (Å²) >= 11 is 0. The number of nitrogens with zero attached hydrogens (tertiary/aromatic N) is 1. The van der Waals surface area contributed by atoms with E-state index < -0.39 is 5.97 Å². The molecule has 0 radical (unpaired) electrons. The smallest absolute Gasteiger partial charge is 0.307 e. The molecule has 28 heavy (non-hydrogen) atoms. The number of anilines is 1. The molecular formula is C22H24N2O4. The number of ether oxygens (including phenoxy) is 1. The SMILES string of the molecule is COCCn1c(C)c(C)c2cc(C(=O)Nc3cccc(CC(=O)O)c3)ccc21. The molecule has 1 heterocycles. The standard InChI is InChI=1S/C22H24N2O4/c1-14-15(2)24(9-10-28-3)20-8-7-17(13-19(14)20)22(27)23-18-6-4-5-16(11-18)12-21(25)26/h4-8,11,13H,9-10,12H2,1-3H3,(H,23,27)(H,25,26). The molecule has 6 nitrogen and oxygen atoms in total. The van der Waals surface area contributed by atoms with Gasteiger partial charge in [0.05, 0.1) is 13.0 Å². The second-order valence-electron chi connectivity index (χ2n) is 6.81. The number of benzene rings is 2. The number of aryl methyl sites for hydroxylation is 1. The Balaban J connectivity index is 1.86. The Morgan fingerprint density at radius 1 is 1.14 bits per heavy atom. The molecule has 0 saturated heterocycles. The summed E-state index contributed by atoms with van der Waals surface area (Å²) in [6, 6.07) is 12.6. The van der Waals surface area contributed by atoms with Crippen LogP contribution >= 0.6 is 0 Å². The summed E-state index contributed by atoms with van der Waals surface area (Å²) in [5.74, 6) is -1.13. The van der Waals surface area contributed by atoms with Crippen molar-refractivity contribution in [2.75, 3.05) is 19.0 Å². The summed E-state index contributed by atoms with van der Waals surface area (Å²) in [5, 5.41) is 12.8. The molecule has 2 N–H and O–H groups in total. The van der Waals surface area contributed by atoms with Crippen molar-refractivity contribution in [1.29, 1.82) is 0 Å². The van der Waals surface area contributed by atoms with Crippen LogP contribution in [-0.4, -0.2) is 35.3 Å². The minimum absolute atomic E-state index is 0.0802. The van der Waals surface area contributed by atoms with Gasteiger partial charge in [-0.3, -0.25) is 9.59 Å². The molecular weight excluding hydrogens is 356 g/mol. The first-order chi connectivity index (χ1) is 13.4. The number of amides is 1. The Hall–Kier alpha value is -3.12. The fraction of sp³-hybridized carbons (Fsp3) is 0.273. The van der Waals surface area contributed by atoms with Crippen molar-refractivity contribution in [3.05, 3.63) is 64.8 Å². The summed E-state index contributed by atoms with van der Waals surface area (Å²) in [6.45, 7) is 5.50. The lowest BCUT2D eigenvalue weighted by molar-refractivity contribution is -0.136. The van der Waals surface area contributed by atoms with Gasteiger partial charge in [-0.2, -0.15) is 0 Å². The van der Waals surface area contributed by atoms with Crippen LogP contribution in [0, 0.1) is 13.8 Å². The predicted molar refractivity (Wildman–Crippen MR) is 109 cm³/mol. The lowest BCUT2D eigenvalue weighted by Gasteiger charge is -2.09. The number of hydrogen-bond donors (Lipinski definition) is 2. The number of carbonyl (C=O) groups is 2. The van der Waals surface area contributed by atoms with Crippen LogP contribution in [0.2, 0.25) is 0 Å². The third kappa shape index (κ3) is 4.07. The van der Waals surface area contributed by atoms with E-state index in [-0.39, 0.29) is 12.3 Å². The number of nitrogens with one attached hydrogen (secondary N) is 1. The zero-order chi connectivity index (χ0) is 20.3. The average Bonchev–Trinajstić information content (AvgIpc) is 2.90. The first-order valence-corrected chi connectivity index (χ1v) is 9.11. The number of aromatic nitrogens is 1. The van der Waals surface area contributed by atoms with Crippen molar-refractivity contribution in [3.8, 4) is 0 Å². The van der Waals surface area contributed by atoms with E-state index in [1.54, 1.807) is 37.4 Å². The summed E-state index contributed by atoms with van der Waals surface area (Å²) in [6.07, 6.45) is -0.0802. The maximum absolute atomic E-state index is 12.7. The van der Waals surface area contributed by atoms with Crippen molar-refractivity contribution in [1.82, 2.24) is 4.57 Å². The molecule has 0 unspecified atom stereocenters. The largest absolute Gasteiger partial charge is 0.481 e. The van der Waals surface area contributed by atoms with E-state index in [4.69, 9.17) is 9.84 Å². The highest BCUT2D eigenvalue weighted by Gasteiger charge is 2.14. The number of carboxylic acid groups (broad SMARTS) is 1. The highest BCUT2D eigenvalue weighted by molar-refractivity contribution is 6.06. The topological polar surface area (TPSA) is 80.6 Å². The Morgan fingerprint density at radius 3 is 2.64 bits per heavy atom. The van der Waals surface area contributed by atoms with Crippen LogP contribution in [0.5, 0.6) is 0 Å². The first kappa shape index (κ1) is 19.6. The van der Waals surface area contributed by atoms with Crippen LogP contribution in [0.3, 0.4) is 0 Å². The highest BCUT2D eigenvalue weighted by atomic mass is 16.5. The van der Waals surface area contributed by atoms with Crippen LogP contribution in [0.4, 0.5) is 5.69 Å². The van der Waals surface area contributed by atoms with Gasteiger partial charge >= 0.3 is 5.97 Å². The van der Waals surface area contributed by atoms with Gasteiger partial charge in [-0.1, -0.05) is 12.1 Å². The maximum Gasteiger partial charge on any atom is 0.307 e. The van der Waals surface area contributed by atoms with Gasteiger partial charge in [0, 0.05) is 41.5 Å². The highest BCUT2D eigenvalue weighted by Crippen LogP contribution is 2.26. The molecule has 0 atom stereocenters. The number of methoxy groups -OCH3 is 1. The van der Waals surface area contributed by atoms with Crippen LogP contribution in [-0.2, 0) is 22.5 Å². The van der Waals surface area contributed by atoms with Crippen molar-refractivity contribution < 1.29 is 19.4 Å².